The zero-order valence-corrected chi connectivity index (χ0v) is 18.7. The molecular weight excluding hydrogens is 488 g/mol. The Morgan fingerprint density at radius 3 is 2.37 bits per heavy atom. The average Bonchev–Trinajstić information content (AvgIpc) is 3.28. The highest BCUT2D eigenvalue weighted by Crippen LogP contribution is 2.37. The molecular formula is C24H18F4N2O4S. The molecule has 11 heteroatoms. The molecule has 35 heavy (non-hydrogen) atoms. The van der Waals surface area contributed by atoms with Gasteiger partial charge in [0.1, 0.15) is 11.9 Å². The van der Waals surface area contributed by atoms with E-state index >= 15 is 0 Å². The van der Waals surface area contributed by atoms with Gasteiger partial charge in [-0.2, -0.15) is 13.2 Å². The predicted molar refractivity (Wildman–Crippen MR) is 122 cm³/mol. The summed E-state index contributed by atoms with van der Waals surface area (Å²) in [4.78, 5) is 36.7. The van der Waals surface area contributed by atoms with Crippen molar-refractivity contribution in [3.05, 3.63) is 70.9 Å². The van der Waals surface area contributed by atoms with Crippen LogP contribution in [0.15, 0.2) is 54.6 Å². The summed E-state index contributed by atoms with van der Waals surface area (Å²) in [5.74, 6) is -1.41. The fourth-order valence-corrected chi connectivity index (χ4v) is 4.63. The second kappa shape index (κ2) is 9.87. The van der Waals surface area contributed by atoms with Gasteiger partial charge in [0, 0.05) is 10.6 Å². The van der Waals surface area contributed by atoms with E-state index in [-0.39, 0.29) is 17.8 Å². The van der Waals surface area contributed by atoms with E-state index in [4.69, 9.17) is 4.74 Å². The Balaban J connectivity index is 1.39. The van der Waals surface area contributed by atoms with Gasteiger partial charge in [-0.05, 0) is 60.9 Å². The van der Waals surface area contributed by atoms with Crippen LogP contribution in [0.2, 0.25) is 0 Å². The third-order valence-electron chi connectivity index (χ3n) is 5.60. The zero-order valence-electron chi connectivity index (χ0n) is 17.9. The van der Waals surface area contributed by atoms with Gasteiger partial charge in [-0.3, -0.25) is 9.59 Å². The van der Waals surface area contributed by atoms with Crippen LogP contribution in [0.25, 0.3) is 10.4 Å². The summed E-state index contributed by atoms with van der Waals surface area (Å²) in [6, 6.07) is 10.9. The molecule has 0 radical (unpaired) electrons. The molecule has 2 N–H and O–H groups in total. The molecule has 0 spiro atoms. The van der Waals surface area contributed by atoms with Gasteiger partial charge in [0.2, 0.25) is 0 Å². The summed E-state index contributed by atoms with van der Waals surface area (Å²) in [6.45, 7) is 0.357. The number of anilines is 2. The van der Waals surface area contributed by atoms with Crippen LogP contribution in [0.5, 0.6) is 0 Å². The number of benzene rings is 2. The Hall–Kier alpha value is -3.73. The van der Waals surface area contributed by atoms with Gasteiger partial charge in [-0.15, -0.1) is 11.3 Å². The summed E-state index contributed by atoms with van der Waals surface area (Å²) in [6.07, 6.45) is -3.73. The molecule has 0 saturated heterocycles. The molecule has 182 valence electrons. The van der Waals surface area contributed by atoms with E-state index in [1.165, 1.54) is 11.3 Å². The molecule has 2 atom stereocenters. The number of hydrogen-bond donors (Lipinski definition) is 2. The second-order valence-corrected chi connectivity index (χ2v) is 8.92. The standard InChI is InChI=1S/C24H18F4N2O4S/c25-17-7-3-14(24(26,27)28)11-18(17)30-23(33)29-15-4-1-13(2-5-15)20-9-10-21(35-20)22(32)16-6-8-19(16)34-12-31/h1-5,7,9-12,16,19H,6,8H2,(H2,29,30,33). The fraction of sp³-hybridized carbons (Fsp3) is 0.208. The highest BCUT2D eigenvalue weighted by molar-refractivity contribution is 7.17. The predicted octanol–water partition coefficient (Wildman–Crippen LogP) is 6.35. The Bertz CT molecular complexity index is 1260. The first-order chi connectivity index (χ1) is 16.7. The van der Waals surface area contributed by atoms with Crippen LogP contribution in [0.3, 0.4) is 0 Å². The number of carbonyl (C=O) groups is 3. The minimum absolute atomic E-state index is 0.0730. The maximum absolute atomic E-state index is 13.8. The molecule has 2 aromatic carbocycles. The van der Waals surface area contributed by atoms with Crippen molar-refractivity contribution in [2.75, 3.05) is 10.6 Å². The van der Waals surface area contributed by atoms with Crippen LogP contribution in [0, 0.1) is 11.7 Å². The van der Waals surface area contributed by atoms with E-state index in [1.54, 1.807) is 36.4 Å². The van der Waals surface area contributed by atoms with Gasteiger partial charge in [-0.1, -0.05) is 12.1 Å². The number of urea groups is 1. The van der Waals surface area contributed by atoms with Gasteiger partial charge in [-0.25, -0.2) is 9.18 Å². The number of amides is 2. The third kappa shape index (κ3) is 5.51. The van der Waals surface area contributed by atoms with Gasteiger partial charge in [0.05, 0.1) is 22.0 Å². The van der Waals surface area contributed by atoms with Gasteiger partial charge < -0.3 is 15.4 Å². The zero-order chi connectivity index (χ0) is 25.2. The molecule has 3 aromatic rings. The van der Waals surface area contributed by atoms with Crippen molar-refractivity contribution in [2.45, 2.75) is 25.1 Å². The Kier molecular flexibility index (Phi) is 6.88. The molecule has 0 bridgehead atoms. The molecule has 2 amide bonds. The minimum Gasteiger partial charge on any atom is -0.464 e. The Morgan fingerprint density at radius 1 is 1.00 bits per heavy atom. The van der Waals surface area contributed by atoms with Crippen molar-refractivity contribution in [1.29, 1.82) is 0 Å². The van der Waals surface area contributed by atoms with E-state index < -0.39 is 29.3 Å². The van der Waals surface area contributed by atoms with Crippen molar-refractivity contribution in [1.82, 2.24) is 0 Å². The number of carbonyl (C=O) groups excluding carboxylic acids is 3. The van der Waals surface area contributed by atoms with E-state index in [1.807, 2.05) is 0 Å². The molecule has 1 heterocycles. The normalized spacial score (nSPS) is 17.3. The SMILES string of the molecule is O=COC1CCC1C(=O)c1ccc(-c2ccc(NC(=O)Nc3cc(C(F)(F)F)ccc3F)cc2)s1. The monoisotopic (exact) mass is 506 g/mol. The first-order valence-electron chi connectivity index (χ1n) is 10.4. The first-order valence-corrected chi connectivity index (χ1v) is 11.3. The number of Topliss-reactive ketones (excluding diaryl/α,β-unsaturated/α-hetero) is 1. The lowest BCUT2D eigenvalue weighted by atomic mass is 9.78. The molecule has 2 unspecified atom stereocenters. The van der Waals surface area contributed by atoms with Crippen LogP contribution in [0.1, 0.15) is 28.1 Å². The van der Waals surface area contributed by atoms with Crippen molar-refractivity contribution < 1.29 is 36.7 Å². The fourth-order valence-electron chi connectivity index (χ4n) is 3.61. The average molecular weight is 506 g/mol. The van der Waals surface area contributed by atoms with Crippen LogP contribution in [-0.2, 0) is 15.7 Å². The van der Waals surface area contributed by atoms with Crippen molar-refractivity contribution >= 4 is 41.0 Å². The molecule has 1 aromatic heterocycles. The Labute approximate surface area is 200 Å². The van der Waals surface area contributed by atoms with Gasteiger partial charge in [0.15, 0.2) is 5.78 Å². The van der Waals surface area contributed by atoms with Gasteiger partial charge in [0.25, 0.3) is 6.47 Å². The van der Waals surface area contributed by atoms with Crippen molar-refractivity contribution in [2.24, 2.45) is 5.92 Å². The summed E-state index contributed by atoms with van der Waals surface area (Å²) < 4.78 is 57.3. The van der Waals surface area contributed by atoms with Crippen LogP contribution in [0.4, 0.5) is 33.7 Å². The number of ether oxygens (including phenoxy) is 1. The number of alkyl halides is 3. The molecule has 1 aliphatic carbocycles. The number of nitrogens with one attached hydrogen (secondary N) is 2. The van der Waals surface area contributed by atoms with Crippen molar-refractivity contribution in [3.63, 3.8) is 0 Å². The lowest BCUT2D eigenvalue weighted by Crippen LogP contribution is -2.39. The summed E-state index contributed by atoms with van der Waals surface area (Å²) in [5.41, 5.74) is -0.582. The number of rotatable bonds is 7. The van der Waals surface area contributed by atoms with E-state index in [2.05, 4.69) is 10.6 Å². The lowest BCUT2D eigenvalue weighted by Gasteiger charge is -2.33. The topological polar surface area (TPSA) is 84.5 Å². The largest absolute Gasteiger partial charge is 0.464 e. The summed E-state index contributed by atoms with van der Waals surface area (Å²) in [5, 5.41) is 4.51. The van der Waals surface area contributed by atoms with E-state index in [0.29, 0.717) is 48.1 Å². The maximum atomic E-state index is 13.8. The summed E-state index contributed by atoms with van der Waals surface area (Å²) in [7, 11) is 0. The Morgan fingerprint density at radius 2 is 1.74 bits per heavy atom. The van der Waals surface area contributed by atoms with Crippen LogP contribution >= 0.6 is 11.3 Å². The first kappa shape index (κ1) is 24.4. The third-order valence-corrected chi connectivity index (χ3v) is 6.74. The highest BCUT2D eigenvalue weighted by atomic mass is 32.1. The maximum Gasteiger partial charge on any atom is 0.416 e. The lowest BCUT2D eigenvalue weighted by molar-refractivity contribution is -0.140. The second-order valence-electron chi connectivity index (χ2n) is 7.83. The molecule has 1 fully saturated rings. The quantitative estimate of drug-likeness (QED) is 0.222. The molecule has 1 saturated carbocycles. The van der Waals surface area contributed by atoms with E-state index in [9.17, 15) is 31.9 Å². The number of thiophene rings is 1. The van der Waals surface area contributed by atoms with Crippen LogP contribution in [-0.4, -0.2) is 24.4 Å². The number of halogens is 4. The highest BCUT2D eigenvalue weighted by Gasteiger charge is 2.39. The number of ketones is 1. The van der Waals surface area contributed by atoms with E-state index in [0.717, 1.165) is 10.4 Å². The smallest absolute Gasteiger partial charge is 0.416 e. The molecule has 0 aliphatic heterocycles. The van der Waals surface area contributed by atoms with Crippen molar-refractivity contribution in [3.8, 4) is 10.4 Å². The molecule has 6 nitrogen and oxygen atoms in total. The molecule has 4 rings (SSSR count). The molecule has 1 aliphatic rings. The minimum atomic E-state index is -4.68. The summed E-state index contributed by atoms with van der Waals surface area (Å²) >= 11 is 1.29. The van der Waals surface area contributed by atoms with Crippen LogP contribution < -0.4 is 10.6 Å². The number of hydrogen-bond acceptors (Lipinski definition) is 5. The van der Waals surface area contributed by atoms with Gasteiger partial charge >= 0.3 is 12.2 Å².